The molecule has 0 unspecified atom stereocenters. The van der Waals surface area contributed by atoms with E-state index in [1.165, 1.54) is 60.2 Å². The molecule has 37 heavy (non-hydrogen) atoms. The van der Waals surface area contributed by atoms with E-state index in [1.807, 2.05) is 6.07 Å². The zero-order valence-corrected chi connectivity index (χ0v) is 22.2. The van der Waals surface area contributed by atoms with Gasteiger partial charge < -0.3 is 4.42 Å². The lowest BCUT2D eigenvalue weighted by molar-refractivity contribution is -0.666. The molecule has 0 aliphatic heterocycles. The summed E-state index contributed by atoms with van der Waals surface area (Å²) in [6.07, 6.45) is 6.56. The van der Waals surface area contributed by atoms with Gasteiger partial charge in [0.25, 0.3) is 0 Å². The summed E-state index contributed by atoms with van der Waals surface area (Å²) in [6.45, 7) is 14.3. The van der Waals surface area contributed by atoms with Crippen molar-refractivity contribution in [3.63, 3.8) is 0 Å². The summed E-state index contributed by atoms with van der Waals surface area (Å²) in [7, 11) is 2.16. The fraction of sp³-hybridized carbons (Fsp3) is 0.294. The van der Waals surface area contributed by atoms with Crippen LogP contribution in [0.5, 0.6) is 0 Å². The predicted octanol–water partition coefficient (Wildman–Crippen LogP) is 9.27. The van der Waals surface area contributed by atoms with Gasteiger partial charge in [0, 0.05) is 35.4 Å². The molecule has 3 aromatic carbocycles. The van der Waals surface area contributed by atoms with Crippen LogP contribution in [-0.2, 0) is 7.05 Å². The van der Waals surface area contributed by atoms with Crippen molar-refractivity contribution in [1.82, 2.24) is 0 Å². The smallest absolute Gasteiger partial charge is 0.216 e. The molecule has 1 fully saturated rings. The van der Waals surface area contributed by atoms with E-state index < -0.39 is 0 Å². The van der Waals surface area contributed by atoms with Crippen LogP contribution in [0.3, 0.4) is 0 Å². The lowest BCUT2D eigenvalue weighted by atomic mass is 9.83. The molecule has 0 spiro atoms. The molecule has 1 saturated carbocycles. The maximum absolute atomic E-state index is 7.85. The number of hydrogen-bond donors (Lipinski definition) is 0. The topological polar surface area (TPSA) is 21.4 Å². The maximum atomic E-state index is 7.85. The molecule has 1 aliphatic carbocycles. The Balaban J connectivity index is 1.64. The quantitative estimate of drug-likeness (QED) is 0.184. The lowest BCUT2D eigenvalue weighted by Gasteiger charge is -2.22. The molecule has 6 rings (SSSR count). The van der Waals surface area contributed by atoms with E-state index in [2.05, 4.69) is 91.8 Å². The number of fused-ring (bicyclic) bond motifs is 3. The van der Waals surface area contributed by atoms with Gasteiger partial charge in [0.2, 0.25) is 5.69 Å². The van der Waals surface area contributed by atoms with Crippen LogP contribution in [0.2, 0.25) is 0 Å². The Labute approximate surface area is 219 Å². The van der Waals surface area contributed by atoms with E-state index >= 15 is 0 Å². The first-order valence-electron chi connectivity index (χ1n) is 13.4. The van der Waals surface area contributed by atoms with Gasteiger partial charge >= 0.3 is 0 Å². The minimum atomic E-state index is 0.620. The highest BCUT2D eigenvalue weighted by molar-refractivity contribution is 6.15. The molecule has 184 valence electrons. The minimum Gasteiger partial charge on any atom is -0.456 e. The van der Waals surface area contributed by atoms with Crippen molar-refractivity contribution >= 4 is 27.6 Å². The molecule has 2 heterocycles. The number of rotatable bonds is 3. The molecular weight excluding hydrogens is 452 g/mol. The summed E-state index contributed by atoms with van der Waals surface area (Å²) in [4.78, 5) is 3.86. The largest absolute Gasteiger partial charge is 0.456 e. The predicted molar refractivity (Wildman–Crippen MR) is 152 cm³/mol. The Morgan fingerprint density at radius 3 is 2.19 bits per heavy atom. The Morgan fingerprint density at radius 1 is 0.811 bits per heavy atom. The summed E-state index contributed by atoms with van der Waals surface area (Å²) in [6, 6.07) is 21.5. The van der Waals surface area contributed by atoms with Crippen LogP contribution in [0.15, 0.2) is 65.1 Å². The molecule has 3 nitrogen and oxygen atoms in total. The third kappa shape index (κ3) is 3.92. The first kappa shape index (κ1) is 23.5. The van der Waals surface area contributed by atoms with Gasteiger partial charge in [-0.25, -0.2) is 4.85 Å². The average Bonchev–Trinajstić information content (AvgIpc) is 3.29. The number of pyridine rings is 1. The lowest BCUT2D eigenvalue weighted by Crippen LogP contribution is -2.35. The first-order chi connectivity index (χ1) is 18.0. The number of aromatic nitrogens is 1. The van der Waals surface area contributed by atoms with Crippen molar-refractivity contribution in [3.05, 3.63) is 94.5 Å². The maximum Gasteiger partial charge on any atom is 0.216 e. The fourth-order valence-electron chi connectivity index (χ4n) is 6.14. The number of benzene rings is 3. The van der Waals surface area contributed by atoms with Gasteiger partial charge in [-0.05, 0) is 49.3 Å². The van der Waals surface area contributed by atoms with Crippen LogP contribution in [-0.4, -0.2) is 0 Å². The zero-order chi connectivity index (χ0) is 25.7. The Kier molecular flexibility index (Phi) is 5.84. The van der Waals surface area contributed by atoms with Crippen LogP contribution in [0.25, 0.3) is 49.2 Å². The second-order valence-electron chi connectivity index (χ2n) is 10.8. The Hall–Kier alpha value is -3.90. The van der Waals surface area contributed by atoms with Crippen LogP contribution < -0.4 is 4.57 Å². The summed E-state index contributed by atoms with van der Waals surface area (Å²) >= 11 is 0. The van der Waals surface area contributed by atoms with Crippen molar-refractivity contribution in [2.45, 2.75) is 58.8 Å². The van der Waals surface area contributed by atoms with Gasteiger partial charge in [0.1, 0.15) is 18.2 Å². The molecule has 1 aliphatic rings. The number of nitrogens with zero attached hydrogens (tertiary/aromatic N) is 2. The zero-order valence-electron chi connectivity index (χ0n) is 22.2. The number of hydrogen-bond acceptors (Lipinski definition) is 1. The third-order valence-electron chi connectivity index (χ3n) is 8.36. The van der Waals surface area contributed by atoms with Gasteiger partial charge in [-0.1, -0.05) is 73.4 Å². The summed E-state index contributed by atoms with van der Waals surface area (Å²) in [5, 5.41) is 2.16. The van der Waals surface area contributed by atoms with E-state index in [1.54, 1.807) is 0 Å². The molecule has 3 heteroatoms. The minimum absolute atomic E-state index is 0.620. The second-order valence-corrected chi connectivity index (χ2v) is 10.8. The van der Waals surface area contributed by atoms with Gasteiger partial charge in [-0.2, -0.15) is 4.57 Å². The molecule has 0 N–H and O–H groups in total. The molecule has 0 atom stereocenters. The summed E-state index contributed by atoms with van der Waals surface area (Å²) in [5.74, 6) is 0.636. The Bertz CT molecular complexity index is 1690. The second kappa shape index (κ2) is 9.20. The van der Waals surface area contributed by atoms with E-state index in [4.69, 9.17) is 11.0 Å². The van der Waals surface area contributed by atoms with Crippen molar-refractivity contribution < 1.29 is 8.98 Å². The third-order valence-corrected chi connectivity index (χ3v) is 8.36. The normalized spacial score (nSPS) is 14.4. The highest BCUT2D eigenvalue weighted by Crippen LogP contribution is 2.45. The molecule has 0 amide bonds. The summed E-state index contributed by atoms with van der Waals surface area (Å²) in [5.41, 5.74) is 11.7. The SMILES string of the molecule is [C-]#[N+]c1ccc2c(oc3c(-c4cc(C5CCCCC5)cc(C)[n+]4C)c(C)ccc32)c1-c1ccc(C)cc1. The van der Waals surface area contributed by atoms with Crippen molar-refractivity contribution in [2.24, 2.45) is 7.05 Å². The van der Waals surface area contributed by atoms with Crippen LogP contribution in [0.1, 0.15) is 60.4 Å². The van der Waals surface area contributed by atoms with E-state index in [0.29, 0.717) is 11.6 Å². The van der Waals surface area contributed by atoms with Gasteiger partial charge in [0.05, 0.1) is 12.1 Å². The molecular formula is C34H33N2O+. The van der Waals surface area contributed by atoms with E-state index in [9.17, 15) is 0 Å². The van der Waals surface area contributed by atoms with Crippen molar-refractivity contribution in [1.29, 1.82) is 0 Å². The Morgan fingerprint density at radius 2 is 1.49 bits per heavy atom. The van der Waals surface area contributed by atoms with Gasteiger partial charge in [0.15, 0.2) is 11.4 Å². The van der Waals surface area contributed by atoms with Gasteiger partial charge in [-0.3, -0.25) is 0 Å². The fourth-order valence-corrected chi connectivity index (χ4v) is 6.14. The number of furan rings is 1. The van der Waals surface area contributed by atoms with E-state index in [0.717, 1.165) is 38.6 Å². The van der Waals surface area contributed by atoms with Crippen molar-refractivity contribution in [2.75, 3.05) is 0 Å². The first-order valence-corrected chi connectivity index (χ1v) is 13.4. The van der Waals surface area contributed by atoms with Crippen molar-refractivity contribution in [3.8, 4) is 22.4 Å². The van der Waals surface area contributed by atoms with E-state index in [-0.39, 0.29) is 0 Å². The van der Waals surface area contributed by atoms with Crippen LogP contribution in [0.4, 0.5) is 5.69 Å². The average molecular weight is 486 g/mol. The van der Waals surface area contributed by atoms with Crippen LogP contribution >= 0.6 is 0 Å². The monoisotopic (exact) mass is 485 g/mol. The molecule has 0 bridgehead atoms. The highest BCUT2D eigenvalue weighted by Gasteiger charge is 2.26. The highest BCUT2D eigenvalue weighted by atomic mass is 16.3. The van der Waals surface area contributed by atoms with Gasteiger partial charge in [-0.15, -0.1) is 0 Å². The standard InChI is InChI=1S/C34H33N2O/c1-21-11-14-25(15-12-21)32-29(35-4)18-17-28-27-16-13-22(2)31(33(27)37-34(28)32)30-20-26(19-23(3)36(30)5)24-9-7-6-8-10-24/h11-20,24H,6-10H2,1-3,5H3/q+1. The molecule has 5 aromatic rings. The molecule has 2 aromatic heterocycles. The molecule has 0 saturated heterocycles. The summed E-state index contributed by atoms with van der Waals surface area (Å²) < 4.78 is 9.10. The molecule has 0 radical (unpaired) electrons. The van der Waals surface area contributed by atoms with Crippen LogP contribution in [0, 0.1) is 27.3 Å². The number of aryl methyl sites for hydroxylation is 3.